The Morgan fingerprint density at radius 3 is 2.73 bits per heavy atom. The van der Waals surface area contributed by atoms with Gasteiger partial charge in [0.1, 0.15) is 5.82 Å². The number of nitrogens with one attached hydrogen (secondary N) is 1. The predicted molar refractivity (Wildman–Crippen MR) is 141 cm³/mol. The van der Waals surface area contributed by atoms with Crippen molar-refractivity contribution < 1.29 is 17.6 Å². The zero-order chi connectivity index (χ0) is 26.2. The lowest BCUT2D eigenvalue weighted by Crippen LogP contribution is -2.42. The Labute approximate surface area is 214 Å². The van der Waals surface area contributed by atoms with Gasteiger partial charge in [-0.1, -0.05) is 12.1 Å². The highest BCUT2D eigenvalue weighted by Gasteiger charge is 2.31. The van der Waals surface area contributed by atoms with Gasteiger partial charge in [-0.15, -0.1) is 0 Å². The summed E-state index contributed by atoms with van der Waals surface area (Å²) in [6.45, 7) is 2.71. The molecule has 0 radical (unpaired) electrons. The zero-order valence-electron chi connectivity index (χ0n) is 20.6. The summed E-state index contributed by atoms with van der Waals surface area (Å²) in [7, 11) is -1.42. The van der Waals surface area contributed by atoms with Crippen LogP contribution in [0.2, 0.25) is 0 Å². The van der Waals surface area contributed by atoms with Gasteiger partial charge >= 0.3 is 6.03 Å². The highest BCUT2D eigenvalue weighted by Crippen LogP contribution is 2.35. The Bertz CT molecular complexity index is 1560. The van der Waals surface area contributed by atoms with Gasteiger partial charge in [0.15, 0.2) is 27.8 Å². The molecule has 37 heavy (non-hydrogen) atoms. The molecule has 5 rings (SSSR count). The van der Waals surface area contributed by atoms with Crippen molar-refractivity contribution >= 4 is 33.2 Å². The van der Waals surface area contributed by atoms with E-state index in [9.17, 15) is 13.2 Å². The number of carbonyl (C=O) groups is 1. The van der Waals surface area contributed by atoms with Gasteiger partial charge in [-0.05, 0) is 49.7 Å². The van der Waals surface area contributed by atoms with Crippen molar-refractivity contribution in [3.63, 3.8) is 0 Å². The Balaban J connectivity index is 1.52. The van der Waals surface area contributed by atoms with E-state index in [2.05, 4.69) is 20.2 Å². The number of sulfone groups is 1. The first-order valence-electron chi connectivity index (χ1n) is 11.7. The van der Waals surface area contributed by atoms with Gasteiger partial charge in [0, 0.05) is 43.2 Å². The number of fused-ring (bicyclic) bond motifs is 1. The number of anilines is 3. The molecule has 0 saturated heterocycles. The van der Waals surface area contributed by atoms with Crippen LogP contribution < -0.4 is 15.1 Å². The number of hydrogen-bond acceptors (Lipinski definition) is 8. The summed E-state index contributed by atoms with van der Waals surface area (Å²) >= 11 is 0. The average Bonchev–Trinajstić information content (AvgIpc) is 3.38. The molecule has 1 aliphatic rings. The fourth-order valence-corrected chi connectivity index (χ4v) is 4.95. The molecular weight excluding hydrogens is 492 g/mol. The van der Waals surface area contributed by atoms with Crippen molar-refractivity contribution in [3.05, 3.63) is 67.3 Å². The fourth-order valence-electron chi connectivity index (χ4n) is 4.28. The molecule has 3 aromatic heterocycles. The van der Waals surface area contributed by atoms with E-state index >= 15 is 0 Å². The van der Waals surface area contributed by atoms with Crippen LogP contribution in [0.15, 0.2) is 76.6 Å². The minimum absolute atomic E-state index is 0.161. The quantitative estimate of drug-likeness (QED) is 0.420. The van der Waals surface area contributed by atoms with Crippen LogP contribution in [0.25, 0.3) is 22.6 Å². The number of carbonyl (C=O) groups excluding carboxylic acids is 1. The molecule has 4 heterocycles. The summed E-state index contributed by atoms with van der Waals surface area (Å²) in [5.74, 6) is 1.41. The summed E-state index contributed by atoms with van der Waals surface area (Å²) in [5.41, 5.74) is 2.74. The second-order valence-electron chi connectivity index (χ2n) is 8.99. The highest BCUT2D eigenvalue weighted by molar-refractivity contribution is 7.90. The maximum atomic E-state index is 13.6. The lowest BCUT2D eigenvalue weighted by Gasteiger charge is -2.28. The monoisotopic (exact) mass is 518 g/mol. The van der Waals surface area contributed by atoms with Crippen LogP contribution in [-0.4, -0.2) is 55.3 Å². The second-order valence-corrected chi connectivity index (χ2v) is 11.0. The van der Waals surface area contributed by atoms with Crippen molar-refractivity contribution in [3.8, 4) is 22.6 Å². The Kier molecular flexibility index (Phi) is 6.38. The highest BCUT2D eigenvalue weighted by atomic mass is 32.2. The van der Waals surface area contributed by atoms with Crippen molar-refractivity contribution in [1.82, 2.24) is 15.0 Å². The molecule has 0 bridgehead atoms. The van der Waals surface area contributed by atoms with Gasteiger partial charge in [-0.2, -0.15) is 0 Å². The number of hydrogen-bond donors (Lipinski definition) is 1. The molecule has 0 spiro atoms. The number of nitrogens with zero attached hydrogens (tertiary/aromatic N) is 5. The molecular formula is C26H26N6O4S. The van der Waals surface area contributed by atoms with Gasteiger partial charge in [0.25, 0.3) is 0 Å². The molecule has 4 aromatic rings. The van der Waals surface area contributed by atoms with E-state index in [1.165, 1.54) is 12.6 Å². The molecule has 10 nitrogen and oxygen atoms in total. The number of pyridine rings is 2. The molecule has 190 valence electrons. The zero-order valence-corrected chi connectivity index (χ0v) is 21.4. The molecule has 0 aliphatic carbocycles. The minimum Gasteiger partial charge on any atom is -0.444 e. The first-order chi connectivity index (χ1) is 17.7. The Morgan fingerprint density at radius 2 is 1.97 bits per heavy atom. The van der Waals surface area contributed by atoms with E-state index < -0.39 is 9.84 Å². The van der Waals surface area contributed by atoms with Gasteiger partial charge in [-0.25, -0.2) is 28.2 Å². The molecule has 1 N–H and O–H groups in total. The van der Waals surface area contributed by atoms with E-state index in [0.29, 0.717) is 28.7 Å². The largest absolute Gasteiger partial charge is 0.444 e. The lowest BCUT2D eigenvalue weighted by molar-refractivity contribution is 0.255. The van der Waals surface area contributed by atoms with E-state index in [4.69, 9.17) is 9.40 Å². The van der Waals surface area contributed by atoms with Crippen LogP contribution in [0.1, 0.15) is 13.3 Å². The van der Waals surface area contributed by atoms with Crippen LogP contribution in [0, 0.1) is 0 Å². The normalized spacial score (nSPS) is 15.7. The van der Waals surface area contributed by atoms with Gasteiger partial charge in [-0.3, -0.25) is 10.2 Å². The van der Waals surface area contributed by atoms with Crippen LogP contribution in [0.3, 0.4) is 0 Å². The minimum atomic E-state index is -3.38. The van der Waals surface area contributed by atoms with E-state index in [-0.39, 0.29) is 17.0 Å². The Hall–Kier alpha value is -4.25. The first kappa shape index (κ1) is 24.4. The maximum Gasteiger partial charge on any atom is 0.328 e. The topological polar surface area (TPSA) is 122 Å². The van der Waals surface area contributed by atoms with Crippen LogP contribution in [0.4, 0.5) is 22.1 Å². The van der Waals surface area contributed by atoms with Gasteiger partial charge in [0.05, 0.1) is 22.5 Å². The summed E-state index contributed by atoms with van der Waals surface area (Å²) in [5, 5.41) is 2.89. The number of amides is 2. The number of rotatable bonds is 4. The fraction of sp³-hybridized carbons (Fsp3) is 0.231. The molecule has 1 aromatic carbocycles. The summed E-state index contributed by atoms with van der Waals surface area (Å²) in [4.78, 5) is 30.6. The molecule has 1 atom stereocenters. The van der Waals surface area contributed by atoms with Gasteiger partial charge < -0.3 is 9.32 Å². The third kappa shape index (κ3) is 5.03. The molecule has 1 aliphatic heterocycles. The molecule has 0 saturated carbocycles. The summed E-state index contributed by atoms with van der Waals surface area (Å²) in [6.07, 6.45) is 6.42. The molecule has 11 heteroatoms. The molecule has 2 amide bonds. The number of oxazole rings is 1. The average molecular weight is 519 g/mol. The van der Waals surface area contributed by atoms with Crippen LogP contribution in [-0.2, 0) is 9.84 Å². The van der Waals surface area contributed by atoms with Gasteiger partial charge in [0.2, 0.25) is 0 Å². The Morgan fingerprint density at radius 1 is 1.14 bits per heavy atom. The van der Waals surface area contributed by atoms with Crippen molar-refractivity contribution in [2.24, 2.45) is 0 Å². The third-order valence-corrected chi connectivity index (χ3v) is 7.42. The first-order valence-corrected chi connectivity index (χ1v) is 13.6. The summed E-state index contributed by atoms with van der Waals surface area (Å²) in [6, 6.07) is 13.3. The second kappa shape index (κ2) is 9.66. The lowest BCUT2D eigenvalue weighted by atomic mass is 10.1. The molecule has 0 unspecified atom stereocenters. The predicted octanol–water partition coefficient (Wildman–Crippen LogP) is 4.47. The number of aromatic nitrogens is 3. The molecule has 0 fully saturated rings. The van der Waals surface area contributed by atoms with E-state index in [1.54, 1.807) is 53.7 Å². The standard InChI is InChI=1S/C26H26N6O4S/c1-17-10-12-31(2)22-8-7-21(18-5-4-6-20(13-18)37(3,34)35)29-25(22)32(17)26(33)30-24-14-19(9-11-28-24)23-15-27-16-36-23/h4-9,11,13-17H,10,12H2,1-3H3,(H,28,30,33)/t17-/m1/s1. The maximum absolute atomic E-state index is 13.6. The SMILES string of the molecule is C[C@@H]1CCN(C)c2ccc(-c3cccc(S(C)(=O)=O)c3)nc2N1C(=O)Nc1cc(-c2cnco2)ccn1. The van der Waals surface area contributed by atoms with E-state index in [0.717, 1.165) is 24.2 Å². The smallest absolute Gasteiger partial charge is 0.328 e. The van der Waals surface area contributed by atoms with Crippen LogP contribution >= 0.6 is 0 Å². The number of urea groups is 1. The van der Waals surface area contributed by atoms with Crippen molar-refractivity contribution in [2.75, 3.05) is 35.0 Å². The van der Waals surface area contributed by atoms with E-state index in [1.807, 2.05) is 26.1 Å². The third-order valence-electron chi connectivity index (χ3n) is 6.31. The van der Waals surface area contributed by atoms with Crippen LogP contribution in [0.5, 0.6) is 0 Å². The van der Waals surface area contributed by atoms with Crippen molar-refractivity contribution in [1.29, 1.82) is 0 Å². The number of benzene rings is 1. The van der Waals surface area contributed by atoms with Crippen molar-refractivity contribution in [2.45, 2.75) is 24.3 Å². The summed E-state index contributed by atoms with van der Waals surface area (Å²) < 4.78 is 29.5.